The van der Waals surface area contributed by atoms with Gasteiger partial charge >= 0.3 is 0 Å². The summed E-state index contributed by atoms with van der Waals surface area (Å²) in [6.07, 6.45) is 1.15. The Morgan fingerprint density at radius 1 is 1.20 bits per heavy atom. The quantitative estimate of drug-likeness (QED) is 0.614. The first-order valence-corrected chi connectivity index (χ1v) is 3.05. The lowest BCUT2D eigenvalue weighted by molar-refractivity contribution is 0.412. The van der Waals surface area contributed by atoms with Gasteiger partial charge < -0.3 is 4.74 Å². The van der Waals surface area contributed by atoms with Crippen molar-refractivity contribution in [3.8, 4) is 5.75 Å². The Kier molecular flexibility index (Phi) is 1.86. The standard InChI is InChI=1S/C8H8O.ClH/c1-9-8-4-6-2-7(3-6)5-8;/h2,4-5H,3H2,1H3;1H. The zero-order valence-electron chi connectivity index (χ0n) is 5.76. The summed E-state index contributed by atoms with van der Waals surface area (Å²) >= 11 is 0. The van der Waals surface area contributed by atoms with Crippen LogP contribution in [0.15, 0.2) is 18.2 Å². The van der Waals surface area contributed by atoms with Crippen LogP contribution >= 0.6 is 12.4 Å². The minimum absolute atomic E-state index is 0. The van der Waals surface area contributed by atoms with E-state index in [0.29, 0.717) is 0 Å². The maximum atomic E-state index is 5.04. The molecule has 1 nitrogen and oxygen atoms in total. The van der Waals surface area contributed by atoms with Crippen molar-refractivity contribution < 1.29 is 4.74 Å². The van der Waals surface area contributed by atoms with Crippen LogP contribution in [-0.2, 0) is 6.42 Å². The lowest BCUT2D eigenvalue weighted by atomic mass is 9.93. The summed E-state index contributed by atoms with van der Waals surface area (Å²) in [7, 11) is 1.70. The lowest BCUT2D eigenvalue weighted by Crippen LogP contribution is -2.01. The van der Waals surface area contributed by atoms with Crippen molar-refractivity contribution in [1.82, 2.24) is 0 Å². The van der Waals surface area contributed by atoms with E-state index in [1.165, 1.54) is 11.1 Å². The van der Waals surface area contributed by atoms with Crippen LogP contribution in [0.25, 0.3) is 0 Å². The third-order valence-electron chi connectivity index (χ3n) is 1.67. The van der Waals surface area contributed by atoms with Crippen LogP contribution < -0.4 is 4.74 Å². The van der Waals surface area contributed by atoms with Gasteiger partial charge in [0.25, 0.3) is 0 Å². The maximum Gasteiger partial charge on any atom is 0.119 e. The van der Waals surface area contributed by atoms with Gasteiger partial charge in [-0.15, -0.1) is 12.4 Å². The van der Waals surface area contributed by atoms with Crippen LogP contribution in [0.1, 0.15) is 11.1 Å². The molecule has 3 rings (SSSR count). The molecule has 10 heavy (non-hydrogen) atoms. The van der Waals surface area contributed by atoms with Gasteiger partial charge in [0, 0.05) is 0 Å². The van der Waals surface area contributed by atoms with Gasteiger partial charge in [-0.25, -0.2) is 0 Å². The molecule has 0 atom stereocenters. The van der Waals surface area contributed by atoms with E-state index < -0.39 is 0 Å². The van der Waals surface area contributed by atoms with Crippen molar-refractivity contribution in [2.24, 2.45) is 0 Å². The predicted molar refractivity (Wildman–Crippen MR) is 43.0 cm³/mol. The van der Waals surface area contributed by atoms with E-state index in [9.17, 15) is 0 Å². The molecular weight excluding hydrogens is 148 g/mol. The summed E-state index contributed by atoms with van der Waals surface area (Å²) in [5.74, 6) is 0.994. The molecule has 0 radical (unpaired) electrons. The average Bonchev–Trinajstić information content (AvgIpc) is 1.87. The van der Waals surface area contributed by atoms with E-state index in [1.807, 2.05) is 0 Å². The van der Waals surface area contributed by atoms with E-state index >= 15 is 0 Å². The third kappa shape index (κ3) is 0.971. The molecule has 2 aliphatic carbocycles. The van der Waals surface area contributed by atoms with Gasteiger partial charge in [-0.1, -0.05) is 6.07 Å². The third-order valence-corrected chi connectivity index (χ3v) is 1.67. The number of fused-ring (bicyclic) bond motifs is 2. The monoisotopic (exact) mass is 156 g/mol. The highest BCUT2D eigenvalue weighted by Crippen LogP contribution is 2.27. The number of halogens is 1. The highest BCUT2D eigenvalue weighted by Gasteiger charge is 2.09. The molecule has 0 aliphatic heterocycles. The normalized spacial score (nSPS) is 11.3. The van der Waals surface area contributed by atoms with Crippen molar-refractivity contribution in [2.75, 3.05) is 7.11 Å². The Balaban J connectivity index is 0.000000500. The fourth-order valence-corrected chi connectivity index (χ4v) is 1.16. The molecule has 1 aromatic carbocycles. The van der Waals surface area contributed by atoms with E-state index in [2.05, 4.69) is 18.2 Å². The second-order valence-corrected chi connectivity index (χ2v) is 2.37. The van der Waals surface area contributed by atoms with Gasteiger partial charge in [0.1, 0.15) is 5.75 Å². The first kappa shape index (κ1) is 7.42. The number of benzene rings is 1. The summed E-state index contributed by atoms with van der Waals surface area (Å²) in [4.78, 5) is 0. The Morgan fingerprint density at radius 2 is 1.70 bits per heavy atom. The molecule has 0 unspecified atom stereocenters. The van der Waals surface area contributed by atoms with Gasteiger partial charge in [-0.2, -0.15) is 0 Å². The molecule has 0 aromatic heterocycles. The molecule has 0 fully saturated rings. The van der Waals surface area contributed by atoms with Crippen LogP contribution in [0.2, 0.25) is 0 Å². The molecule has 0 saturated carbocycles. The summed E-state index contributed by atoms with van der Waals surface area (Å²) in [6.45, 7) is 0. The average molecular weight is 157 g/mol. The minimum atomic E-state index is 0. The van der Waals surface area contributed by atoms with Gasteiger partial charge in [-0.3, -0.25) is 0 Å². The fourth-order valence-electron chi connectivity index (χ4n) is 1.16. The SMILES string of the molecule is COc1cc2cc(c1)C2.Cl. The first-order chi connectivity index (χ1) is 4.38. The smallest absolute Gasteiger partial charge is 0.119 e. The molecule has 2 heteroatoms. The molecule has 2 aliphatic rings. The molecule has 0 spiro atoms. The number of ether oxygens (including phenoxy) is 1. The number of hydrogen-bond acceptors (Lipinski definition) is 1. The van der Waals surface area contributed by atoms with Gasteiger partial charge in [0.05, 0.1) is 7.11 Å². The Hall–Kier alpha value is -0.690. The second kappa shape index (κ2) is 2.51. The fraction of sp³-hybridized carbons (Fsp3) is 0.250. The van der Waals surface area contributed by atoms with Crippen LogP contribution in [0, 0.1) is 0 Å². The van der Waals surface area contributed by atoms with Gasteiger partial charge in [0.15, 0.2) is 0 Å². The van der Waals surface area contributed by atoms with Crippen molar-refractivity contribution >= 4 is 12.4 Å². The van der Waals surface area contributed by atoms with Crippen LogP contribution in [0.4, 0.5) is 0 Å². The number of methoxy groups -OCH3 is 1. The minimum Gasteiger partial charge on any atom is -0.497 e. The second-order valence-electron chi connectivity index (χ2n) is 2.37. The maximum absolute atomic E-state index is 5.04. The van der Waals surface area contributed by atoms with Gasteiger partial charge in [-0.05, 0) is 29.7 Å². The first-order valence-electron chi connectivity index (χ1n) is 3.05. The molecule has 0 N–H and O–H groups in total. The predicted octanol–water partition coefficient (Wildman–Crippen LogP) is 2.02. The van der Waals surface area contributed by atoms with E-state index in [4.69, 9.17) is 4.74 Å². The largest absolute Gasteiger partial charge is 0.497 e. The van der Waals surface area contributed by atoms with Crippen LogP contribution in [0.5, 0.6) is 5.75 Å². The highest BCUT2D eigenvalue weighted by atomic mass is 35.5. The Bertz CT molecular complexity index is 225. The molecule has 54 valence electrons. The summed E-state index contributed by atoms with van der Waals surface area (Å²) in [5, 5.41) is 0. The van der Waals surface area contributed by atoms with Crippen molar-refractivity contribution in [3.05, 3.63) is 29.3 Å². The number of hydrogen-bond donors (Lipinski definition) is 0. The molecule has 1 aromatic rings. The number of rotatable bonds is 1. The highest BCUT2D eigenvalue weighted by molar-refractivity contribution is 5.85. The summed E-state index contributed by atoms with van der Waals surface area (Å²) in [5.41, 5.74) is 2.79. The molecule has 2 bridgehead atoms. The zero-order valence-corrected chi connectivity index (χ0v) is 6.57. The van der Waals surface area contributed by atoms with Crippen molar-refractivity contribution in [3.63, 3.8) is 0 Å². The summed E-state index contributed by atoms with van der Waals surface area (Å²) < 4.78 is 5.04. The molecule has 0 amide bonds. The molecule has 0 heterocycles. The molecule has 0 saturated heterocycles. The Morgan fingerprint density at radius 3 is 2.00 bits per heavy atom. The zero-order chi connectivity index (χ0) is 6.27. The van der Waals surface area contributed by atoms with E-state index in [-0.39, 0.29) is 12.4 Å². The van der Waals surface area contributed by atoms with Crippen molar-refractivity contribution in [2.45, 2.75) is 6.42 Å². The van der Waals surface area contributed by atoms with Crippen LogP contribution in [-0.4, -0.2) is 7.11 Å². The van der Waals surface area contributed by atoms with Crippen molar-refractivity contribution in [1.29, 1.82) is 0 Å². The summed E-state index contributed by atoms with van der Waals surface area (Å²) in [6, 6.07) is 6.34. The van der Waals surface area contributed by atoms with E-state index in [1.54, 1.807) is 7.11 Å². The van der Waals surface area contributed by atoms with E-state index in [0.717, 1.165) is 12.2 Å². The molecular formula is C8H9ClO. The lowest BCUT2D eigenvalue weighted by Gasteiger charge is -2.15. The topological polar surface area (TPSA) is 9.23 Å². The Labute approximate surface area is 66.4 Å². The van der Waals surface area contributed by atoms with Crippen LogP contribution in [0.3, 0.4) is 0 Å². The van der Waals surface area contributed by atoms with Gasteiger partial charge in [0.2, 0.25) is 0 Å².